The van der Waals surface area contributed by atoms with Crippen LogP contribution < -0.4 is 9.47 Å². The van der Waals surface area contributed by atoms with Crippen LogP contribution in [0.25, 0.3) is 0 Å². The number of aliphatic hydroxyl groups is 1. The molecule has 2 aromatic carbocycles. The van der Waals surface area contributed by atoms with Crippen molar-refractivity contribution in [1.82, 2.24) is 0 Å². The van der Waals surface area contributed by atoms with Gasteiger partial charge >= 0.3 is 0 Å². The third-order valence-corrected chi connectivity index (χ3v) is 3.95. The Labute approximate surface area is 159 Å². The van der Waals surface area contributed by atoms with Crippen LogP contribution in [0.5, 0.6) is 11.5 Å². The lowest BCUT2D eigenvalue weighted by molar-refractivity contribution is 0.201. The molecule has 24 heavy (non-hydrogen) atoms. The first-order chi connectivity index (χ1) is 11.7. The highest BCUT2D eigenvalue weighted by Crippen LogP contribution is 2.15. The molecule has 0 fully saturated rings. The molecule has 0 aliphatic rings. The molecule has 0 amide bonds. The summed E-state index contributed by atoms with van der Waals surface area (Å²) in [6, 6.07) is 15.7. The van der Waals surface area contributed by atoms with Gasteiger partial charge in [0.2, 0.25) is 0 Å². The van der Waals surface area contributed by atoms with Crippen molar-refractivity contribution in [3.8, 4) is 11.5 Å². The van der Waals surface area contributed by atoms with Crippen LogP contribution >= 0.6 is 37.0 Å². The molecule has 0 bridgehead atoms. The molecule has 1 N–H and O–H groups in total. The van der Waals surface area contributed by atoms with Crippen LogP contribution in [0.2, 0.25) is 0 Å². The summed E-state index contributed by atoms with van der Waals surface area (Å²) in [4.78, 5) is 0. The number of thioether (sulfide) groups is 1. The fourth-order valence-corrected chi connectivity index (χ4v) is 2.41. The maximum atomic E-state index is 8.51. The molecule has 3 nitrogen and oxygen atoms in total. The molecule has 2 aromatic rings. The lowest BCUT2D eigenvalue weighted by Gasteiger charge is -2.04. The van der Waals surface area contributed by atoms with Crippen LogP contribution in [-0.4, -0.2) is 30.5 Å². The van der Waals surface area contributed by atoms with E-state index < -0.39 is 0 Å². The number of hydrogen-bond donors (Lipinski definition) is 3. The van der Waals surface area contributed by atoms with Gasteiger partial charge in [0.1, 0.15) is 24.0 Å². The van der Waals surface area contributed by atoms with Gasteiger partial charge in [-0.3, -0.25) is 0 Å². The van der Waals surface area contributed by atoms with Crippen LogP contribution in [0.1, 0.15) is 11.1 Å². The quantitative estimate of drug-likeness (QED) is 0.469. The fraction of sp³-hybridized carbons (Fsp3) is 0.333. The maximum absolute atomic E-state index is 8.51. The van der Waals surface area contributed by atoms with Crippen LogP contribution in [-0.2, 0) is 11.5 Å². The summed E-state index contributed by atoms with van der Waals surface area (Å²) in [5.41, 5.74) is 2.31. The molecule has 132 valence electrons. The molecule has 6 heteroatoms. The van der Waals surface area contributed by atoms with Gasteiger partial charge in [-0.25, -0.2) is 0 Å². The van der Waals surface area contributed by atoms with Gasteiger partial charge in [-0.05, 0) is 41.6 Å². The standard InChI is InChI=1S/C9H12O2S.C9H12OS2/c10-4-5-11-9-3-1-2-8(6-9)7-12;1-12-7-10-9-4-2-3-8(5-9)6-11/h1-3,6,10,12H,4-5,7H2;2-5,11H,6-7H2,1H3. The largest absolute Gasteiger partial charge is 0.491 e. The summed E-state index contributed by atoms with van der Waals surface area (Å²) < 4.78 is 10.6. The number of rotatable bonds is 8. The molecule has 0 heterocycles. The minimum Gasteiger partial charge on any atom is -0.491 e. The predicted octanol–water partition coefficient (Wildman–Crippen LogP) is 4.30. The zero-order valence-corrected chi connectivity index (χ0v) is 16.3. The highest BCUT2D eigenvalue weighted by atomic mass is 32.2. The van der Waals surface area contributed by atoms with Crippen LogP contribution in [0.4, 0.5) is 0 Å². The Kier molecular flexibility index (Phi) is 11.7. The van der Waals surface area contributed by atoms with Crippen LogP contribution in [0.15, 0.2) is 48.5 Å². The molecule has 0 aliphatic heterocycles. The zero-order valence-electron chi connectivity index (χ0n) is 13.7. The highest BCUT2D eigenvalue weighted by Gasteiger charge is 1.94. The zero-order chi connectivity index (χ0) is 17.6. The minimum absolute atomic E-state index is 0.0467. The topological polar surface area (TPSA) is 38.7 Å². The monoisotopic (exact) mass is 384 g/mol. The number of aliphatic hydroxyl groups excluding tert-OH is 1. The van der Waals surface area contributed by atoms with E-state index in [9.17, 15) is 0 Å². The molecule has 0 radical (unpaired) electrons. The average molecular weight is 385 g/mol. The number of thiol groups is 2. The van der Waals surface area contributed by atoms with E-state index in [0.717, 1.165) is 22.8 Å². The first-order valence-corrected chi connectivity index (χ1v) is 10.1. The van der Waals surface area contributed by atoms with E-state index >= 15 is 0 Å². The highest BCUT2D eigenvalue weighted by molar-refractivity contribution is 7.98. The lowest BCUT2D eigenvalue weighted by atomic mass is 10.2. The second-order valence-electron chi connectivity index (χ2n) is 4.73. The van der Waals surface area contributed by atoms with Gasteiger partial charge in [0.15, 0.2) is 0 Å². The van der Waals surface area contributed by atoms with Crippen molar-refractivity contribution in [3.63, 3.8) is 0 Å². The Morgan fingerprint density at radius 1 is 0.917 bits per heavy atom. The van der Waals surface area contributed by atoms with Gasteiger partial charge in [0, 0.05) is 11.5 Å². The van der Waals surface area contributed by atoms with Crippen molar-refractivity contribution in [2.75, 3.05) is 25.4 Å². The van der Waals surface area contributed by atoms with Crippen molar-refractivity contribution < 1.29 is 14.6 Å². The van der Waals surface area contributed by atoms with Gasteiger partial charge in [0.25, 0.3) is 0 Å². The van der Waals surface area contributed by atoms with Crippen LogP contribution in [0, 0.1) is 0 Å². The van der Waals surface area contributed by atoms with Crippen molar-refractivity contribution in [1.29, 1.82) is 0 Å². The summed E-state index contributed by atoms with van der Waals surface area (Å²) in [6.07, 6.45) is 2.02. The second kappa shape index (κ2) is 13.4. The first-order valence-electron chi connectivity index (χ1n) is 7.48. The smallest absolute Gasteiger partial charge is 0.133 e. The number of ether oxygens (including phenoxy) is 2. The van der Waals surface area contributed by atoms with Gasteiger partial charge in [-0.15, -0.1) is 11.8 Å². The summed E-state index contributed by atoms with van der Waals surface area (Å²) >= 11 is 10.00. The Hall–Kier alpha value is -0.950. The molecular formula is C18H24O3S3. The first kappa shape index (κ1) is 21.1. The van der Waals surface area contributed by atoms with E-state index in [1.807, 2.05) is 54.8 Å². The Bertz CT molecular complexity index is 527. The second-order valence-corrected chi connectivity index (χ2v) is 6.18. The number of benzene rings is 2. The van der Waals surface area contributed by atoms with E-state index in [4.69, 9.17) is 14.6 Å². The Balaban J connectivity index is 0.000000240. The summed E-state index contributed by atoms with van der Waals surface area (Å²) in [7, 11) is 0. The normalized spacial score (nSPS) is 9.83. The summed E-state index contributed by atoms with van der Waals surface area (Å²) in [6.45, 7) is 0.390. The Morgan fingerprint density at radius 3 is 1.92 bits per heavy atom. The van der Waals surface area contributed by atoms with E-state index in [0.29, 0.717) is 18.3 Å². The van der Waals surface area contributed by atoms with E-state index in [-0.39, 0.29) is 6.61 Å². The van der Waals surface area contributed by atoms with Crippen LogP contribution in [0.3, 0.4) is 0 Å². The van der Waals surface area contributed by atoms with E-state index in [1.165, 1.54) is 5.56 Å². The van der Waals surface area contributed by atoms with Gasteiger partial charge in [0.05, 0.1) is 6.61 Å². The average Bonchev–Trinajstić information content (AvgIpc) is 2.65. The summed E-state index contributed by atoms with van der Waals surface area (Å²) in [5, 5.41) is 8.51. The third kappa shape index (κ3) is 8.78. The molecule has 2 rings (SSSR count). The molecule has 0 aromatic heterocycles. The van der Waals surface area contributed by atoms with Crippen molar-refractivity contribution in [2.24, 2.45) is 0 Å². The molecule has 0 unspecified atom stereocenters. The molecule has 0 saturated carbocycles. The van der Waals surface area contributed by atoms with Crippen molar-refractivity contribution in [2.45, 2.75) is 11.5 Å². The van der Waals surface area contributed by atoms with Gasteiger partial charge in [-0.2, -0.15) is 25.3 Å². The Morgan fingerprint density at radius 2 is 1.46 bits per heavy atom. The van der Waals surface area contributed by atoms with Crippen molar-refractivity contribution >= 4 is 37.0 Å². The van der Waals surface area contributed by atoms with Gasteiger partial charge in [-0.1, -0.05) is 24.3 Å². The fourth-order valence-electron chi connectivity index (χ4n) is 1.76. The summed E-state index contributed by atoms with van der Waals surface area (Å²) in [5.74, 6) is 3.88. The molecule has 0 aliphatic carbocycles. The lowest BCUT2D eigenvalue weighted by Crippen LogP contribution is -2.01. The molecular weight excluding hydrogens is 360 g/mol. The van der Waals surface area contributed by atoms with Gasteiger partial charge < -0.3 is 14.6 Å². The number of hydrogen-bond acceptors (Lipinski definition) is 6. The van der Waals surface area contributed by atoms with E-state index in [2.05, 4.69) is 25.3 Å². The van der Waals surface area contributed by atoms with E-state index in [1.54, 1.807) is 11.8 Å². The predicted molar refractivity (Wildman–Crippen MR) is 110 cm³/mol. The minimum atomic E-state index is 0.0467. The molecule has 0 spiro atoms. The molecule has 0 saturated heterocycles. The SMILES string of the molecule is CSCOc1cccc(CS)c1.OCCOc1cccc(CS)c1. The van der Waals surface area contributed by atoms with Crippen molar-refractivity contribution in [3.05, 3.63) is 59.7 Å². The third-order valence-electron chi connectivity index (χ3n) is 2.87. The molecule has 0 atom stereocenters. The maximum Gasteiger partial charge on any atom is 0.133 e.